The lowest BCUT2D eigenvalue weighted by atomic mass is 10.1. The topological polar surface area (TPSA) is 82.3 Å². The molecular weight excluding hydrogens is 256 g/mol. The van der Waals surface area contributed by atoms with Crippen LogP contribution in [-0.2, 0) is 17.8 Å². The molecule has 2 aromatic rings. The number of methoxy groups -OCH3 is 2. The normalized spacial score (nSPS) is 10.3. The van der Waals surface area contributed by atoms with Crippen molar-refractivity contribution >= 4 is 5.82 Å². The number of rotatable bonds is 6. The molecule has 1 aromatic carbocycles. The summed E-state index contributed by atoms with van der Waals surface area (Å²) in [4.78, 5) is 8.78. The Labute approximate surface area is 117 Å². The maximum Gasteiger partial charge on any atom is 0.144 e. The van der Waals surface area contributed by atoms with Gasteiger partial charge < -0.3 is 14.9 Å². The van der Waals surface area contributed by atoms with Crippen molar-refractivity contribution in [3.05, 3.63) is 47.4 Å². The summed E-state index contributed by atoms with van der Waals surface area (Å²) in [5.74, 6) is 7.51. The second kappa shape index (κ2) is 6.83. The second-order valence-electron chi connectivity index (χ2n) is 4.26. The fourth-order valence-electron chi connectivity index (χ4n) is 1.85. The first-order chi connectivity index (χ1) is 9.75. The van der Waals surface area contributed by atoms with E-state index < -0.39 is 0 Å². The average molecular weight is 274 g/mol. The van der Waals surface area contributed by atoms with Gasteiger partial charge in [-0.2, -0.15) is 0 Å². The van der Waals surface area contributed by atoms with Crippen LogP contribution in [0.3, 0.4) is 0 Å². The maximum atomic E-state index is 5.42. The summed E-state index contributed by atoms with van der Waals surface area (Å²) in [6, 6.07) is 9.56. The first kappa shape index (κ1) is 14.2. The first-order valence-corrected chi connectivity index (χ1v) is 6.20. The fraction of sp³-hybridized carbons (Fsp3) is 0.286. The number of hydrogen-bond donors (Lipinski definition) is 2. The molecule has 0 aliphatic carbocycles. The van der Waals surface area contributed by atoms with Gasteiger partial charge in [0.2, 0.25) is 0 Å². The lowest BCUT2D eigenvalue weighted by Gasteiger charge is -2.08. The van der Waals surface area contributed by atoms with Crippen molar-refractivity contribution < 1.29 is 9.47 Å². The molecule has 0 fully saturated rings. The number of nitrogens with one attached hydrogen (secondary N) is 1. The minimum atomic E-state index is 0.423. The van der Waals surface area contributed by atoms with E-state index >= 15 is 0 Å². The van der Waals surface area contributed by atoms with Crippen LogP contribution < -0.4 is 16.0 Å². The van der Waals surface area contributed by atoms with Gasteiger partial charge in [-0.3, -0.25) is 0 Å². The van der Waals surface area contributed by atoms with Crippen LogP contribution in [0.4, 0.5) is 5.82 Å². The van der Waals surface area contributed by atoms with E-state index in [-0.39, 0.29) is 0 Å². The number of hydrazine groups is 1. The molecule has 0 bridgehead atoms. The van der Waals surface area contributed by atoms with Crippen LogP contribution in [0.25, 0.3) is 0 Å². The second-order valence-corrected chi connectivity index (χ2v) is 4.26. The summed E-state index contributed by atoms with van der Waals surface area (Å²) in [7, 11) is 3.27. The van der Waals surface area contributed by atoms with Crippen LogP contribution in [0.15, 0.2) is 30.3 Å². The van der Waals surface area contributed by atoms with Gasteiger partial charge in [-0.15, -0.1) is 0 Å². The molecule has 0 aliphatic rings. The number of ether oxygens (including phenoxy) is 2. The molecule has 0 atom stereocenters. The maximum absolute atomic E-state index is 5.42. The van der Waals surface area contributed by atoms with E-state index in [0.29, 0.717) is 24.7 Å². The molecule has 0 unspecified atom stereocenters. The lowest BCUT2D eigenvalue weighted by Crippen LogP contribution is -2.12. The zero-order valence-corrected chi connectivity index (χ0v) is 11.6. The first-order valence-electron chi connectivity index (χ1n) is 6.20. The van der Waals surface area contributed by atoms with Crippen LogP contribution >= 0.6 is 0 Å². The van der Waals surface area contributed by atoms with E-state index in [0.717, 1.165) is 17.0 Å². The molecule has 0 amide bonds. The van der Waals surface area contributed by atoms with E-state index in [1.165, 1.54) is 0 Å². The van der Waals surface area contributed by atoms with Crippen molar-refractivity contribution in [2.75, 3.05) is 19.6 Å². The molecular formula is C14H18N4O2. The minimum Gasteiger partial charge on any atom is -0.497 e. The van der Waals surface area contributed by atoms with Gasteiger partial charge in [0.15, 0.2) is 0 Å². The summed E-state index contributed by atoms with van der Waals surface area (Å²) in [5.41, 5.74) is 4.43. The van der Waals surface area contributed by atoms with Crippen molar-refractivity contribution in [2.45, 2.75) is 13.0 Å². The molecule has 2 rings (SSSR count). The Bertz CT molecular complexity index is 558. The van der Waals surface area contributed by atoms with Crippen LogP contribution in [0.1, 0.15) is 17.1 Å². The van der Waals surface area contributed by atoms with Gasteiger partial charge in [-0.05, 0) is 17.7 Å². The Kier molecular flexibility index (Phi) is 4.86. The predicted octanol–water partition coefficient (Wildman–Crippen LogP) is 1.51. The number of nitrogens with two attached hydrogens (primary N) is 1. The number of nitrogen functional groups attached to an aromatic ring is 1. The van der Waals surface area contributed by atoms with Crippen LogP contribution in [0.2, 0.25) is 0 Å². The highest BCUT2D eigenvalue weighted by atomic mass is 16.5. The summed E-state index contributed by atoms with van der Waals surface area (Å²) < 4.78 is 10.2. The van der Waals surface area contributed by atoms with E-state index in [4.69, 9.17) is 15.3 Å². The molecule has 6 heteroatoms. The number of nitrogens with zero attached hydrogens (tertiary/aromatic N) is 2. The summed E-state index contributed by atoms with van der Waals surface area (Å²) in [6.45, 7) is 0.423. The van der Waals surface area contributed by atoms with Gasteiger partial charge in [0.05, 0.1) is 19.4 Å². The van der Waals surface area contributed by atoms with E-state index in [2.05, 4.69) is 15.4 Å². The number of anilines is 1. The van der Waals surface area contributed by atoms with E-state index in [1.807, 2.05) is 24.3 Å². The molecule has 0 spiro atoms. The molecule has 3 N–H and O–H groups in total. The number of benzene rings is 1. The van der Waals surface area contributed by atoms with Gasteiger partial charge in [-0.1, -0.05) is 12.1 Å². The van der Waals surface area contributed by atoms with Crippen molar-refractivity contribution in [3.63, 3.8) is 0 Å². The largest absolute Gasteiger partial charge is 0.497 e. The molecule has 1 heterocycles. The number of aromatic nitrogens is 2. The predicted molar refractivity (Wildman–Crippen MR) is 76.4 cm³/mol. The van der Waals surface area contributed by atoms with Gasteiger partial charge in [0.25, 0.3) is 0 Å². The van der Waals surface area contributed by atoms with Gasteiger partial charge in [-0.25, -0.2) is 15.8 Å². The van der Waals surface area contributed by atoms with Crippen molar-refractivity contribution in [2.24, 2.45) is 5.84 Å². The molecule has 0 saturated carbocycles. The van der Waals surface area contributed by atoms with Gasteiger partial charge >= 0.3 is 0 Å². The van der Waals surface area contributed by atoms with Gasteiger partial charge in [0, 0.05) is 19.6 Å². The Hall–Kier alpha value is -2.18. The standard InChI is InChI=1S/C14H18N4O2/c1-19-9-11-8-14(18-15)17-13(16-11)7-10-3-5-12(20-2)6-4-10/h3-6,8H,7,9,15H2,1-2H3,(H,16,17,18). The Morgan fingerprint density at radius 1 is 1.15 bits per heavy atom. The average Bonchev–Trinajstić information content (AvgIpc) is 2.48. The third kappa shape index (κ3) is 3.66. The third-order valence-corrected chi connectivity index (χ3v) is 2.79. The monoisotopic (exact) mass is 274 g/mol. The van der Waals surface area contributed by atoms with Crippen LogP contribution in [-0.4, -0.2) is 24.2 Å². The highest BCUT2D eigenvalue weighted by molar-refractivity contribution is 5.36. The van der Waals surface area contributed by atoms with Crippen molar-refractivity contribution in [1.29, 1.82) is 0 Å². The highest BCUT2D eigenvalue weighted by Gasteiger charge is 2.05. The minimum absolute atomic E-state index is 0.423. The van der Waals surface area contributed by atoms with Crippen molar-refractivity contribution in [3.8, 4) is 5.75 Å². The molecule has 0 radical (unpaired) electrons. The van der Waals surface area contributed by atoms with E-state index in [9.17, 15) is 0 Å². The molecule has 20 heavy (non-hydrogen) atoms. The molecule has 0 aliphatic heterocycles. The van der Waals surface area contributed by atoms with Crippen LogP contribution in [0.5, 0.6) is 5.75 Å². The Balaban J connectivity index is 2.20. The van der Waals surface area contributed by atoms with Crippen LogP contribution in [0, 0.1) is 0 Å². The lowest BCUT2D eigenvalue weighted by molar-refractivity contribution is 0.181. The quantitative estimate of drug-likeness (QED) is 0.613. The summed E-state index contributed by atoms with van der Waals surface area (Å²) >= 11 is 0. The Morgan fingerprint density at radius 3 is 2.50 bits per heavy atom. The third-order valence-electron chi connectivity index (χ3n) is 2.79. The van der Waals surface area contributed by atoms with E-state index in [1.54, 1.807) is 20.3 Å². The highest BCUT2D eigenvalue weighted by Crippen LogP contribution is 2.15. The molecule has 106 valence electrons. The zero-order valence-electron chi connectivity index (χ0n) is 11.6. The summed E-state index contributed by atoms with van der Waals surface area (Å²) in [5, 5.41) is 0. The SMILES string of the molecule is COCc1cc(NN)nc(Cc2ccc(OC)cc2)n1. The molecule has 6 nitrogen and oxygen atoms in total. The zero-order chi connectivity index (χ0) is 14.4. The summed E-state index contributed by atoms with van der Waals surface area (Å²) in [6.07, 6.45) is 0.621. The number of hydrogen-bond acceptors (Lipinski definition) is 6. The molecule has 0 saturated heterocycles. The van der Waals surface area contributed by atoms with Gasteiger partial charge in [0.1, 0.15) is 17.4 Å². The molecule has 1 aromatic heterocycles. The smallest absolute Gasteiger partial charge is 0.144 e. The Morgan fingerprint density at radius 2 is 1.90 bits per heavy atom. The van der Waals surface area contributed by atoms with Crippen molar-refractivity contribution in [1.82, 2.24) is 9.97 Å². The fourth-order valence-corrected chi connectivity index (χ4v) is 1.85.